The van der Waals surface area contributed by atoms with Crippen molar-refractivity contribution >= 4 is 86.8 Å². The Morgan fingerprint density at radius 3 is 2.23 bits per heavy atom. The number of hydrogen-bond donors (Lipinski definition) is 2. The van der Waals surface area contributed by atoms with Crippen molar-refractivity contribution in [3.05, 3.63) is 181 Å². The van der Waals surface area contributed by atoms with E-state index in [2.05, 4.69) is 132 Å². The highest BCUT2D eigenvalue weighted by Gasteiger charge is 2.20. The summed E-state index contributed by atoms with van der Waals surface area (Å²) in [5.41, 5.74) is 15.3. The minimum atomic E-state index is -0.490. The SMILES string of the molecule is C=C(N=C(NC(N)c1ccccc1)c1ccc2c(c1)c1ccccc1n2-c1cccc2c1oc1ccccc12)c1cccc2c1sc1ccccc12. The summed E-state index contributed by atoms with van der Waals surface area (Å²) in [6.07, 6.45) is -0.490. The number of aliphatic imine (C=N–C) groups is 1. The van der Waals surface area contributed by atoms with Gasteiger partial charge in [0.2, 0.25) is 0 Å². The molecule has 0 aliphatic carbocycles. The van der Waals surface area contributed by atoms with Crippen LogP contribution in [0.5, 0.6) is 0 Å². The van der Waals surface area contributed by atoms with Crippen molar-refractivity contribution in [2.75, 3.05) is 0 Å². The molecule has 6 heteroatoms. The lowest BCUT2D eigenvalue weighted by Gasteiger charge is -2.19. The summed E-state index contributed by atoms with van der Waals surface area (Å²) in [7, 11) is 0. The Hall–Kier alpha value is -6.47. The van der Waals surface area contributed by atoms with Crippen LogP contribution in [0.15, 0.2) is 174 Å². The molecular formula is C46H32N4OS. The number of furan rings is 1. The number of thiophene rings is 1. The first kappa shape index (κ1) is 30.4. The van der Waals surface area contributed by atoms with Gasteiger partial charge in [0, 0.05) is 52.8 Å². The van der Waals surface area contributed by atoms with Crippen LogP contribution in [0.3, 0.4) is 0 Å². The van der Waals surface area contributed by atoms with Crippen LogP contribution in [0.4, 0.5) is 0 Å². The van der Waals surface area contributed by atoms with Gasteiger partial charge in [-0.15, -0.1) is 11.3 Å². The van der Waals surface area contributed by atoms with Gasteiger partial charge in [0.1, 0.15) is 17.6 Å². The van der Waals surface area contributed by atoms with Gasteiger partial charge >= 0.3 is 0 Å². The first-order valence-corrected chi connectivity index (χ1v) is 18.1. The Bertz CT molecular complexity index is 3040. The van der Waals surface area contributed by atoms with E-state index in [0.717, 1.165) is 66.1 Å². The van der Waals surface area contributed by atoms with Crippen molar-refractivity contribution in [1.82, 2.24) is 9.88 Å². The zero-order chi connectivity index (χ0) is 34.8. The fraction of sp³-hybridized carbons (Fsp3) is 0.0217. The second-order valence-corrected chi connectivity index (χ2v) is 14.1. The van der Waals surface area contributed by atoms with Crippen LogP contribution in [0, 0.1) is 0 Å². The second kappa shape index (κ2) is 12.1. The van der Waals surface area contributed by atoms with Gasteiger partial charge in [-0.3, -0.25) is 0 Å². The smallest absolute Gasteiger partial charge is 0.159 e. The molecule has 0 saturated carbocycles. The van der Waals surface area contributed by atoms with Crippen LogP contribution >= 0.6 is 11.3 Å². The van der Waals surface area contributed by atoms with E-state index in [9.17, 15) is 0 Å². The summed E-state index contributed by atoms with van der Waals surface area (Å²) in [6.45, 7) is 4.52. The predicted molar refractivity (Wildman–Crippen MR) is 219 cm³/mol. The lowest BCUT2D eigenvalue weighted by Crippen LogP contribution is -2.34. The zero-order valence-corrected chi connectivity index (χ0v) is 28.9. The fourth-order valence-corrected chi connectivity index (χ4v) is 8.77. The van der Waals surface area contributed by atoms with Crippen LogP contribution in [-0.4, -0.2) is 10.4 Å². The van der Waals surface area contributed by atoms with Crippen LogP contribution in [-0.2, 0) is 0 Å². The maximum absolute atomic E-state index is 6.82. The number of benzene rings is 7. The number of nitrogens with one attached hydrogen (secondary N) is 1. The van der Waals surface area contributed by atoms with Crippen molar-refractivity contribution < 1.29 is 4.42 Å². The van der Waals surface area contributed by atoms with E-state index in [1.807, 2.05) is 42.5 Å². The summed E-state index contributed by atoms with van der Waals surface area (Å²) in [5.74, 6) is 0.651. The van der Waals surface area contributed by atoms with Gasteiger partial charge in [0.25, 0.3) is 0 Å². The molecule has 0 amide bonds. The Morgan fingerprint density at radius 1 is 0.654 bits per heavy atom. The van der Waals surface area contributed by atoms with E-state index in [4.69, 9.17) is 15.1 Å². The quantitative estimate of drug-likeness (QED) is 0.104. The summed E-state index contributed by atoms with van der Waals surface area (Å²) in [5, 5.41) is 10.4. The van der Waals surface area contributed by atoms with Gasteiger partial charge in [-0.2, -0.15) is 0 Å². The third-order valence-corrected chi connectivity index (χ3v) is 11.2. The number of amidine groups is 1. The van der Waals surface area contributed by atoms with E-state index in [1.165, 1.54) is 20.2 Å². The standard InChI is InChI=1S/C46H32N4OS/c1-28(31-18-11-20-36-34-17-7-10-24-42(34)52-44(31)36)48-46(49-45(47)29-13-3-2-4-14-29)30-25-26-39-37(27-30)32-15-5-8-21-38(32)50(39)40-22-12-19-35-33-16-6-9-23-41(33)51-43(35)40/h2-27,45H,1,47H2,(H,48,49). The summed E-state index contributed by atoms with van der Waals surface area (Å²) < 4.78 is 11.2. The minimum absolute atomic E-state index is 0.490. The molecule has 0 aliphatic heterocycles. The third-order valence-electron chi connectivity index (χ3n) is 9.98. The van der Waals surface area contributed by atoms with Gasteiger partial charge in [0.05, 0.1) is 22.4 Å². The molecule has 7 aromatic carbocycles. The monoisotopic (exact) mass is 688 g/mol. The molecule has 0 saturated heterocycles. The molecule has 10 rings (SSSR count). The number of nitrogens with zero attached hydrogens (tertiary/aromatic N) is 2. The Labute approximate surface area is 303 Å². The third kappa shape index (κ3) is 4.84. The molecule has 1 atom stereocenters. The largest absolute Gasteiger partial charge is 0.454 e. The molecule has 5 nitrogen and oxygen atoms in total. The number of hydrogen-bond acceptors (Lipinski definition) is 4. The molecule has 0 spiro atoms. The normalized spacial score (nSPS) is 12.8. The first-order chi connectivity index (χ1) is 25.6. The highest BCUT2D eigenvalue weighted by atomic mass is 32.1. The molecule has 1 unspecified atom stereocenters. The summed E-state index contributed by atoms with van der Waals surface area (Å²) >= 11 is 1.77. The van der Waals surface area contributed by atoms with E-state index < -0.39 is 6.17 Å². The van der Waals surface area contributed by atoms with Gasteiger partial charge in [-0.1, -0.05) is 122 Å². The molecular weight excluding hydrogens is 657 g/mol. The summed E-state index contributed by atoms with van der Waals surface area (Å²) in [6, 6.07) is 54.5. The van der Waals surface area contributed by atoms with Crippen molar-refractivity contribution in [2.24, 2.45) is 10.7 Å². The maximum Gasteiger partial charge on any atom is 0.159 e. The van der Waals surface area contributed by atoms with Crippen LogP contribution in [0.1, 0.15) is 22.9 Å². The van der Waals surface area contributed by atoms with Crippen LogP contribution in [0.2, 0.25) is 0 Å². The average molecular weight is 689 g/mol. The molecule has 3 aromatic heterocycles. The Morgan fingerprint density at radius 2 is 1.35 bits per heavy atom. The minimum Gasteiger partial charge on any atom is -0.454 e. The summed E-state index contributed by atoms with van der Waals surface area (Å²) in [4.78, 5) is 5.24. The molecule has 3 N–H and O–H groups in total. The van der Waals surface area contributed by atoms with Crippen molar-refractivity contribution in [2.45, 2.75) is 6.17 Å². The van der Waals surface area contributed by atoms with E-state index >= 15 is 0 Å². The topological polar surface area (TPSA) is 68.5 Å². The highest BCUT2D eigenvalue weighted by Crippen LogP contribution is 2.40. The van der Waals surface area contributed by atoms with Gasteiger partial charge < -0.3 is 20.0 Å². The van der Waals surface area contributed by atoms with Crippen LogP contribution < -0.4 is 11.1 Å². The lowest BCUT2D eigenvalue weighted by atomic mass is 10.1. The molecule has 0 radical (unpaired) electrons. The number of nitrogens with two attached hydrogens (primary N) is 1. The highest BCUT2D eigenvalue weighted by molar-refractivity contribution is 7.26. The molecule has 52 heavy (non-hydrogen) atoms. The van der Waals surface area contributed by atoms with E-state index in [1.54, 1.807) is 11.3 Å². The molecule has 0 bridgehead atoms. The van der Waals surface area contributed by atoms with Gasteiger partial charge in [-0.25, -0.2) is 4.99 Å². The van der Waals surface area contributed by atoms with Gasteiger partial charge in [-0.05, 0) is 48.0 Å². The first-order valence-electron chi connectivity index (χ1n) is 17.3. The Balaban J connectivity index is 1.15. The van der Waals surface area contributed by atoms with E-state index in [-0.39, 0.29) is 0 Å². The van der Waals surface area contributed by atoms with Crippen molar-refractivity contribution in [3.63, 3.8) is 0 Å². The maximum atomic E-state index is 6.82. The zero-order valence-electron chi connectivity index (χ0n) is 28.1. The molecule has 0 aliphatic rings. The van der Waals surface area contributed by atoms with Gasteiger partial charge in [0.15, 0.2) is 5.58 Å². The number of aromatic nitrogens is 1. The second-order valence-electron chi connectivity index (χ2n) is 13.1. The number of rotatable bonds is 6. The van der Waals surface area contributed by atoms with Crippen molar-refractivity contribution in [3.8, 4) is 5.69 Å². The molecule has 248 valence electrons. The van der Waals surface area contributed by atoms with E-state index in [0.29, 0.717) is 11.5 Å². The fourth-order valence-electron chi connectivity index (χ4n) is 7.53. The predicted octanol–water partition coefficient (Wildman–Crippen LogP) is 11.7. The average Bonchev–Trinajstić information content (AvgIpc) is 3.87. The van der Waals surface area contributed by atoms with Crippen LogP contribution in [0.25, 0.3) is 75.3 Å². The molecule has 10 aromatic rings. The lowest BCUT2D eigenvalue weighted by molar-refractivity contribution is 0.666. The Kier molecular flexibility index (Phi) is 7.06. The molecule has 0 fully saturated rings. The number of para-hydroxylation sites is 3. The number of fused-ring (bicyclic) bond motifs is 9. The van der Waals surface area contributed by atoms with Crippen molar-refractivity contribution in [1.29, 1.82) is 0 Å². The molecule has 3 heterocycles.